The van der Waals surface area contributed by atoms with Crippen LogP contribution in [0, 0.1) is 10.8 Å². The summed E-state index contributed by atoms with van der Waals surface area (Å²) in [5.74, 6) is 0.157. The Labute approximate surface area is 180 Å². The Morgan fingerprint density at radius 1 is 1.17 bits per heavy atom. The normalized spacial score (nSPS) is 16.4. The summed E-state index contributed by atoms with van der Waals surface area (Å²) in [6.45, 7) is 7.26. The molecule has 2 aromatic rings. The number of hydrogen-bond donors (Lipinski definition) is 1. The second-order valence-corrected chi connectivity index (χ2v) is 9.60. The number of aromatic nitrogens is 1. The van der Waals surface area contributed by atoms with Crippen LogP contribution in [-0.2, 0) is 16.0 Å². The van der Waals surface area contributed by atoms with E-state index in [1.807, 2.05) is 12.3 Å². The number of nitrogens with zero attached hydrogens (tertiary/aromatic N) is 2. The van der Waals surface area contributed by atoms with Crippen LogP contribution in [0.15, 0.2) is 48.8 Å². The zero-order valence-electron chi connectivity index (χ0n) is 18.8. The third-order valence-electron chi connectivity index (χ3n) is 5.87. The van der Waals surface area contributed by atoms with Crippen LogP contribution in [0.1, 0.15) is 32.3 Å². The number of amides is 1. The molecule has 2 heterocycles. The van der Waals surface area contributed by atoms with E-state index in [4.69, 9.17) is 4.74 Å². The lowest BCUT2D eigenvalue weighted by atomic mass is 9.74. The topological polar surface area (TPSA) is 54.5 Å². The van der Waals surface area contributed by atoms with E-state index in [0.29, 0.717) is 19.8 Å². The SMILES string of the molecule is CN(C)CC(C)(C)CNC(=O)C1(Cc2cccc(-c3cccnc3)c2)CCOCC1. The first kappa shape index (κ1) is 22.4. The third kappa shape index (κ3) is 5.89. The van der Waals surface area contributed by atoms with Crippen LogP contribution in [0.5, 0.6) is 0 Å². The molecule has 0 radical (unpaired) electrons. The maximum Gasteiger partial charge on any atom is 0.226 e. The van der Waals surface area contributed by atoms with E-state index >= 15 is 0 Å². The van der Waals surface area contributed by atoms with Gasteiger partial charge in [-0.15, -0.1) is 0 Å². The van der Waals surface area contributed by atoms with Crippen LogP contribution >= 0.6 is 0 Å². The van der Waals surface area contributed by atoms with Gasteiger partial charge < -0.3 is 15.0 Å². The molecule has 3 rings (SSSR count). The molecule has 0 saturated carbocycles. The first-order valence-corrected chi connectivity index (χ1v) is 10.8. The fourth-order valence-electron chi connectivity index (χ4n) is 4.45. The lowest BCUT2D eigenvalue weighted by Crippen LogP contribution is -2.49. The molecule has 0 bridgehead atoms. The van der Waals surface area contributed by atoms with Gasteiger partial charge in [0, 0.05) is 38.7 Å². The molecular weight excluding hydrogens is 374 g/mol. The molecule has 30 heavy (non-hydrogen) atoms. The number of nitrogens with one attached hydrogen (secondary N) is 1. The van der Waals surface area contributed by atoms with Gasteiger partial charge in [-0.05, 0) is 61.5 Å². The number of pyridine rings is 1. The van der Waals surface area contributed by atoms with Gasteiger partial charge in [-0.2, -0.15) is 0 Å². The van der Waals surface area contributed by atoms with E-state index in [-0.39, 0.29) is 11.3 Å². The van der Waals surface area contributed by atoms with Crippen LogP contribution in [0.2, 0.25) is 0 Å². The number of carbonyl (C=O) groups is 1. The molecule has 162 valence electrons. The molecule has 0 aliphatic carbocycles. The zero-order valence-corrected chi connectivity index (χ0v) is 18.8. The van der Waals surface area contributed by atoms with Crippen molar-refractivity contribution in [3.63, 3.8) is 0 Å². The van der Waals surface area contributed by atoms with Gasteiger partial charge in [0.1, 0.15) is 0 Å². The Morgan fingerprint density at radius 2 is 1.90 bits per heavy atom. The maximum atomic E-state index is 13.4. The summed E-state index contributed by atoms with van der Waals surface area (Å²) < 4.78 is 5.61. The van der Waals surface area contributed by atoms with Crippen molar-refractivity contribution < 1.29 is 9.53 Å². The Balaban J connectivity index is 1.76. The lowest BCUT2D eigenvalue weighted by molar-refractivity contribution is -0.137. The largest absolute Gasteiger partial charge is 0.381 e. The average Bonchev–Trinajstić information content (AvgIpc) is 2.73. The van der Waals surface area contributed by atoms with Gasteiger partial charge in [-0.3, -0.25) is 9.78 Å². The number of carbonyl (C=O) groups excluding carboxylic acids is 1. The number of benzene rings is 1. The summed E-state index contributed by atoms with van der Waals surface area (Å²) in [7, 11) is 4.14. The summed E-state index contributed by atoms with van der Waals surface area (Å²) in [4.78, 5) is 19.8. The summed E-state index contributed by atoms with van der Waals surface area (Å²) in [6, 6.07) is 12.5. The highest BCUT2D eigenvalue weighted by Gasteiger charge is 2.40. The summed E-state index contributed by atoms with van der Waals surface area (Å²) in [5, 5.41) is 3.27. The molecule has 1 fully saturated rings. The first-order chi connectivity index (χ1) is 14.3. The molecule has 1 amide bonds. The molecule has 0 unspecified atom stereocenters. The van der Waals surface area contributed by atoms with Crippen molar-refractivity contribution in [2.45, 2.75) is 33.1 Å². The summed E-state index contributed by atoms with van der Waals surface area (Å²) >= 11 is 0. The molecule has 5 nitrogen and oxygen atoms in total. The van der Waals surface area contributed by atoms with E-state index < -0.39 is 5.41 Å². The standard InChI is InChI=1S/C25H35N3O2/c1-24(2,19-28(3)4)18-27-23(29)25(10-13-30-14-11-25)16-20-7-5-8-21(15-20)22-9-6-12-26-17-22/h5-9,12,15,17H,10-11,13-14,16,18-19H2,1-4H3,(H,27,29). The quantitative estimate of drug-likeness (QED) is 0.721. The van der Waals surface area contributed by atoms with Crippen LogP contribution in [0.3, 0.4) is 0 Å². The van der Waals surface area contributed by atoms with Gasteiger partial charge in [0.05, 0.1) is 5.41 Å². The lowest BCUT2D eigenvalue weighted by Gasteiger charge is -2.37. The zero-order chi connectivity index (χ0) is 21.6. The van der Waals surface area contributed by atoms with Gasteiger partial charge in [0.25, 0.3) is 0 Å². The van der Waals surface area contributed by atoms with Crippen molar-refractivity contribution in [1.82, 2.24) is 15.2 Å². The predicted molar refractivity (Wildman–Crippen MR) is 121 cm³/mol. The predicted octanol–water partition coefficient (Wildman–Crippen LogP) is 3.79. The maximum absolute atomic E-state index is 13.4. The average molecular weight is 410 g/mol. The van der Waals surface area contributed by atoms with Gasteiger partial charge in [-0.1, -0.05) is 44.2 Å². The Bertz CT molecular complexity index is 827. The van der Waals surface area contributed by atoms with Crippen LogP contribution in [0.25, 0.3) is 11.1 Å². The number of ether oxygens (including phenoxy) is 1. The van der Waals surface area contributed by atoms with Crippen molar-refractivity contribution in [2.24, 2.45) is 10.8 Å². The van der Waals surface area contributed by atoms with E-state index in [1.165, 1.54) is 5.56 Å². The molecule has 1 aliphatic heterocycles. The highest BCUT2D eigenvalue weighted by molar-refractivity contribution is 5.83. The van der Waals surface area contributed by atoms with Gasteiger partial charge in [0.15, 0.2) is 0 Å². The molecule has 1 aliphatic rings. The third-order valence-corrected chi connectivity index (χ3v) is 5.87. The minimum Gasteiger partial charge on any atom is -0.381 e. The molecule has 1 saturated heterocycles. The van der Waals surface area contributed by atoms with Crippen molar-refractivity contribution in [3.05, 3.63) is 54.4 Å². The summed E-state index contributed by atoms with van der Waals surface area (Å²) in [5.41, 5.74) is 3.01. The Morgan fingerprint density at radius 3 is 2.57 bits per heavy atom. The molecule has 1 aromatic heterocycles. The van der Waals surface area contributed by atoms with E-state index in [1.54, 1.807) is 6.20 Å². The Hall–Kier alpha value is -2.24. The molecule has 1 aromatic carbocycles. The minimum atomic E-state index is -0.417. The van der Waals surface area contributed by atoms with E-state index in [9.17, 15) is 4.79 Å². The molecular formula is C25H35N3O2. The fourth-order valence-corrected chi connectivity index (χ4v) is 4.45. The van der Waals surface area contributed by atoms with Crippen molar-refractivity contribution in [2.75, 3.05) is 40.4 Å². The smallest absolute Gasteiger partial charge is 0.226 e. The van der Waals surface area contributed by atoms with Crippen molar-refractivity contribution in [1.29, 1.82) is 0 Å². The molecule has 0 atom stereocenters. The summed E-state index contributed by atoms with van der Waals surface area (Å²) in [6.07, 6.45) is 5.90. The van der Waals surface area contributed by atoms with Crippen molar-refractivity contribution >= 4 is 5.91 Å². The Kier molecular flexibility index (Phi) is 7.27. The number of hydrogen-bond acceptors (Lipinski definition) is 4. The fraction of sp³-hybridized carbons (Fsp3) is 0.520. The van der Waals surface area contributed by atoms with Gasteiger partial charge in [-0.25, -0.2) is 0 Å². The number of rotatable bonds is 8. The molecule has 1 N–H and O–H groups in total. The van der Waals surface area contributed by atoms with Crippen LogP contribution < -0.4 is 5.32 Å². The molecule has 0 spiro atoms. The van der Waals surface area contributed by atoms with Crippen LogP contribution in [-0.4, -0.2) is 56.2 Å². The highest BCUT2D eigenvalue weighted by atomic mass is 16.5. The molecule has 5 heteroatoms. The van der Waals surface area contributed by atoms with Gasteiger partial charge >= 0.3 is 0 Å². The van der Waals surface area contributed by atoms with E-state index in [2.05, 4.69) is 73.5 Å². The van der Waals surface area contributed by atoms with Crippen LogP contribution in [0.4, 0.5) is 0 Å². The van der Waals surface area contributed by atoms with Gasteiger partial charge in [0.2, 0.25) is 5.91 Å². The second-order valence-electron chi connectivity index (χ2n) is 9.60. The minimum absolute atomic E-state index is 0.0196. The highest BCUT2D eigenvalue weighted by Crippen LogP contribution is 2.36. The first-order valence-electron chi connectivity index (χ1n) is 10.8. The van der Waals surface area contributed by atoms with Crippen molar-refractivity contribution in [3.8, 4) is 11.1 Å². The monoisotopic (exact) mass is 409 g/mol. The van der Waals surface area contributed by atoms with E-state index in [0.717, 1.165) is 36.9 Å². The second kappa shape index (κ2) is 9.71.